The summed E-state index contributed by atoms with van der Waals surface area (Å²) in [5, 5.41) is 11.0. The van der Waals surface area contributed by atoms with Crippen LogP contribution in [0.15, 0.2) is 55.4 Å². The zero-order valence-electron chi connectivity index (χ0n) is 22.5. The summed E-state index contributed by atoms with van der Waals surface area (Å²) in [6.07, 6.45) is 9.91. The molecule has 0 bridgehead atoms. The highest BCUT2D eigenvalue weighted by Gasteiger charge is 2.21. The van der Waals surface area contributed by atoms with E-state index >= 15 is 0 Å². The zero-order valence-corrected chi connectivity index (χ0v) is 22.5. The monoisotopic (exact) mass is 543 g/mol. The molecule has 0 amide bonds. The molecule has 0 radical (unpaired) electrons. The number of nitrogens with one attached hydrogen (secondary N) is 2. The summed E-state index contributed by atoms with van der Waals surface area (Å²) in [5.74, 6) is 2.71. The van der Waals surface area contributed by atoms with Crippen LogP contribution in [-0.4, -0.2) is 93.8 Å². The largest absolute Gasteiger partial charge is 0.497 e. The van der Waals surface area contributed by atoms with Gasteiger partial charge >= 0.3 is 0 Å². The third-order valence-electron chi connectivity index (χ3n) is 6.92. The van der Waals surface area contributed by atoms with Crippen molar-refractivity contribution in [2.45, 2.75) is 19.1 Å². The van der Waals surface area contributed by atoms with Gasteiger partial charge in [0, 0.05) is 64.3 Å². The fraction of sp³-hybridized carbons (Fsp3) is 0.407. The van der Waals surface area contributed by atoms with Crippen LogP contribution >= 0.6 is 0 Å². The summed E-state index contributed by atoms with van der Waals surface area (Å²) < 4.78 is 13.0. The molecule has 0 aliphatic carbocycles. The Kier molecular flexibility index (Phi) is 7.91. The Bertz CT molecular complexity index is 1380. The third kappa shape index (κ3) is 6.43. The molecule has 40 heavy (non-hydrogen) atoms. The minimum Gasteiger partial charge on any atom is -0.497 e. The molecule has 2 saturated heterocycles. The average molecular weight is 544 g/mol. The first-order valence-corrected chi connectivity index (χ1v) is 13.5. The maximum absolute atomic E-state index is 5.76. The lowest BCUT2D eigenvalue weighted by atomic mass is 10.1. The van der Waals surface area contributed by atoms with Gasteiger partial charge < -0.3 is 29.9 Å². The van der Waals surface area contributed by atoms with Crippen LogP contribution in [0.2, 0.25) is 0 Å². The van der Waals surface area contributed by atoms with E-state index < -0.39 is 0 Å². The van der Waals surface area contributed by atoms with Crippen molar-refractivity contribution < 1.29 is 9.47 Å². The van der Waals surface area contributed by atoms with Gasteiger partial charge in [0.2, 0.25) is 17.8 Å². The van der Waals surface area contributed by atoms with E-state index in [9.17, 15) is 0 Å². The molecule has 208 valence electrons. The van der Waals surface area contributed by atoms with E-state index in [4.69, 9.17) is 9.47 Å². The summed E-state index contributed by atoms with van der Waals surface area (Å²) in [4.78, 5) is 26.9. The maximum Gasteiger partial charge on any atom is 0.232 e. The van der Waals surface area contributed by atoms with Crippen LogP contribution in [0, 0.1) is 0 Å². The van der Waals surface area contributed by atoms with E-state index in [-0.39, 0.29) is 6.10 Å². The molecular weight excluding hydrogens is 510 g/mol. The lowest BCUT2D eigenvalue weighted by molar-refractivity contribution is 0.0161. The molecular formula is C27H33N11O2. The van der Waals surface area contributed by atoms with Crippen molar-refractivity contribution in [2.75, 3.05) is 68.1 Å². The van der Waals surface area contributed by atoms with Gasteiger partial charge in [-0.05, 0) is 23.3 Å². The normalized spacial score (nSPS) is 17.6. The van der Waals surface area contributed by atoms with Gasteiger partial charge in [-0.15, -0.1) is 0 Å². The van der Waals surface area contributed by atoms with Crippen molar-refractivity contribution >= 4 is 23.5 Å². The fourth-order valence-electron chi connectivity index (χ4n) is 4.83. The van der Waals surface area contributed by atoms with Gasteiger partial charge in [0.05, 0.1) is 38.2 Å². The third-order valence-corrected chi connectivity index (χ3v) is 6.92. The minimum atomic E-state index is 0.117. The first kappa shape index (κ1) is 25.9. The molecule has 2 fully saturated rings. The average Bonchev–Trinajstić information content (AvgIpc) is 3.44. The summed E-state index contributed by atoms with van der Waals surface area (Å²) in [6.45, 7) is 6.19. The molecule has 0 spiro atoms. The molecule has 13 heteroatoms. The molecule has 6 rings (SSSR count). The van der Waals surface area contributed by atoms with Crippen molar-refractivity contribution in [1.82, 2.24) is 40.0 Å². The van der Waals surface area contributed by atoms with Gasteiger partial charge in [0.1, 0.15) is 12.1 Å². The van der Waals surface area contributed by atoms with Crippen LogP contribution in [0.4, 0.5) is 23.5 Å². The van der Waals surface area contributed by atoms with E-state index in [1.165, 1.54) is 6.33 Å². The SMILES string of the molecule is COc1cccc(Cc2cnc(N3CCN(c4ncnc(Nc5cnn(CC6CNCCO6)c5)n4)CC3)nc2)c1. The van der Waals surface area contributed by atoms with E-state index in [2.05, 4.69) is 56.5 Å². The van der Waals surface area contributed by atoms with Gasteiger partial charge in [-0.2, -0.15) is 10.1 Å². The van der Waals surface area contributed by atoms with Gasteiger partial charge in [-0.3, -0.25) is 4.68 Å². The van der Waals surface area contributed by atoms with Crippen molar-refractivity contribution in [2.24, 2.45) is 0 Å². The highest BCUT2D eigenvalue weighted by atomic mass is 16.5. The molecule has 1 aromatic carbocycles. The zero-order chi connectivity index (χ0) is 27.1. The number of hydrogen-bond donors (Lipinski definition) is 2. The van der Waals surface area contributed by atoms with E-state index in [0.717, 1.165) is 80.8 Å². The molecule has 4 aromatic rings. The second-order valence-corrected chi connectivity index (χ2v) is 9.78. The molecule has 5 heterocycles. The Hall–Kier alpha value is -4.36. The van der Waals surface area contributed by atoms with E-state index in [1.54, 1.807) is 13.3 Å². The Labute approximate surface area is 232 Å². The van der Waals surface area contributed by atoms with Gasteiger partial charge in [0.15, 0.2) is 0 Å². The Balaban J connectivity index is 1.01. The second kappa shape index (κ2) is 12.2. The molecule has 3 aromatic heterocycles. The molecule has 1 atom stereocenters. The number of anilines is 4. The van der Waals surface area contributed by atoms with Crippen molar-refractivity contribution in [3.63, 3.8) is 0 Å². The molecule has 2 aliphatic heterocycles. The highest BCUT2D eigenvalue weighted by molar-refractivity contribution is 5.51. The van der Waals surface area contributed by atoms with Crippen molar-refractivity contribution in [3.05, 3.63) is 66.5 Å². The van der Waals surface area contributed by atoms with Crippen LogP contribution in [0.25, 0.3) is 0 Å². The first-order valence-electron chi connectivity index (χ1n) is 13.5. The van der Waals surface area contributed by atoms with Crippen molar-refractivity contribution in [3.8, 4) is 5.75 Å². The molecule has 2 aliphatic rings. The molecule has 2 N–H and O–H groups in total. The Morgan fingerprint density at radius 3 is 2.60 bits per heavy atom. The summed E-state index contributed by atoms with van der Waals surface area (Å²) in [6, 6.07) is 8.05. The van der Waals surface area contributed by atoms with Crippen LogP contribution < -0.4 is 25.2 Å². The van der Waals surface area contributed by atoms with Gasteiger partial charge in [-0.1, -0.05) is 12.1 Å². The van der Waals surface area contributed by atoms with E-state index in [1.807, 2.05) is 41.5 Å². The second-order valence-electron chi connectivity index (χ2n) is 9.78. The molecule has 13 nitrogen and oxygen atoms in total. The number of rotatable bonds is 9. The topological polar surface area (TPSA) is 131 Å². The fourth-order valence-corrected chi connectivity index (χ4v) is 4.83. The van der Waals surface area contributed by atoms with Crippen LogP contribution in [0.3, 0.4) is 0 Å². The number of hydrogen-bond acceptors (Lipinski definition) is 12. The predicted octanol–water partition coefficient (Wildman–Crippen LogP) is 1.52. The maximum atomic E-state index is 5.76. The van der Waals surface area contributed by atoms with Gasteiger partial charge in [-0.25, -0.2) is 19.9 Å². The number of aromatic nitrogens is 7. The van der Waals surface area contributed by atoms with Crippen LogP contribution in [0.5, 0.6) is 5.75 Å². The standard InChI is InChI=1S/C27H33N11O2/c1-39-23-4-2-3-20(12-23)11-21-13-29-26(30-14-21)36-6-8-37(9-7-36)27-32-19-31-25(35-27)34-22-15-33-38(17-22)18-24-16-28-5-10-40-24/h2-4,12-15,17,19,24,28H,5-11,16,18H2,1H3,(H,31,32,34,35). The number of ether oxygens (including phenoxy) is 2. The highest BCUT2D eigenvalue weighted by Crippen LogP contribution is 2.19. The Morgan fingerprint density at radius 2 is 1.82 bits per heavy atom. The summed E-state index contributed by atoms with van der Waals surface area (Å²) in [7, 11) is 1.68. The Morgan fingerprint density at radius 1 is 1.00 bits per heavy atom. The number of methoxy groups -OCH3 is 1. The number of benzene rings is 1. The predicted molar refractivity (Wildman–Crippen MR) is 150 cm³/mol. The summed E-state index contributed by atoms with van der Waals surface area (Å²) >= 11 is 0. The molecule has 1 unspecified atom stereocenters. The lowest BCUT2D eigenvalue weighted by Gasteiger charge is -2.34. The first-order chi connectivity index (χ1) is 19.7. The molecule has 0 saturated carbocycles. The van der Waals surface area contributed by atoms with Crippen molar-refractivity contribution in [1.29, 1.82) is 0 Å². The number of morpholine rings is 1. The van der Waals surface area contributed by atoms with Crippen LogP contribution in [-0.2, 0) is 17.7 Å². The minimum absolute atomic E-state index is 0.117. The number of piperazine rings is 1. The quantitative estimate of drug-likeness (QED) is 0.317. The van der Waals surface area contributed by atoms with E-state index in [0.29, 0.717) is 18.4 Å². The van der Waals surface area contributed by atoms with Crippen LogP contribution in [0.1, 0.15) is 11.1 Å². The number of nitrogens with zero attached hydrogens (tertiary/aromatic N) is 9. The smallest absolute Gasteiger partial charge is 0.232 e. The van der Waals surface area contributed by atoms with Gasteiger partial charge in [0.25, 0.3) is 0 Å². The summed E-state index contributed by atoms with van der Waals surface area (Å²) in [5.41, 5.74) is 3.04. The lowest BCUT2D eigenvalue weighted by Crippen LogP contribution is -2.47.